The molecule has 2 aliphatic heterocycles. The van der Waals surface area contributed by atoms with Crippen LogP contribution in [0.5, 0.6) is 11.5 Å². The van der Waals surface area contributed by atoms with E-state index in [9.17, 15) is 4.79 Å². The molecule has 0 unspecified atom stereocenters. The lowest BCUT2D eigenvalue weighted by Crippen LogP contribution is -2.51. The largest absolute Gasteiger partial charge is 0.497 e. The van der Waals surface area contributed by atoms with Crippen molar-refractivity contribution in [1.29, 1.82) is 0 Å². The summed E-state index contributed by atoms with van der Waals surface area (Å²) in [4.78, 5) is 16.9. The van der Waals surface area contributed by atoms with Crippen molar-refractivity contribution >= 4 is 30.7 Å². The maximum atomic E-state index is 12.6. The minimum Gasteiger partial charge on any atom is -0.497 e. The van der Waals surface area contributed by atoms with Gasteiger partial charge in [-0.1, -0.05) is 0 Å². The Kier molecular flexibility index (Phi) is 10.3. The van der Waals surface area contributed by atoms with Gasteiger partial charge in [0.25, 0.3) is 5.91 Å². The number of carbonyl (C=O) groups is 1. The molecule has 2 N–H and O–H groups in total. The standard InChI is InChI=1S/C19H29N3O4.2ClH/c1-24-15-3-5-17(25-2)14(11-15)13-21-7-9-22(10-8-21)19(23)18-6-4-16(12-20)26-18;;/h3,5,11,16,18H,4,6-10,12-13,20H2,1-2H3;2*1H/t16-,18+;;/m1../s1. The van der Waals surface area contributed by atoms with Crippen molar-refractivity contribution in [2.24, 2.45) is 5.73 Å². The fourth-order valence-electron chi connectivity index (χ4n) is 3.64. The topological polar surface area (TPSA) is 77.3 Å². The van der Waals surface area contributed by atoms with E-state index in [1.807, 2.05) is 23.1 Å². The molecule has 28 heavy (non-hydrogen) atoms. The Bertz CT molecular complexity index is 627. The van der Waals surface area contributed by atoms with Crippen LogP contribution in [-0.2, 0) is 16.1 Å². The van der Waals surface area contributed by atoms with Crippen LogP contribution in [0.4, 0.5) is 0 Å². The van der Waals surface area contributed by atoms with Gasteiger partial charge in [-0.2, -0.15) is 0 Å². The zero-order chi connectivity index (χ0) is 18.5. The zero-order valence-corrected chi connectivity index (χ0v) is 18.1. The molecule has 0 radical (unpaired) electrons. The second kappa shape index (κ2) is 11.7. The second-order valence-electron chi connectivity index (χ2n) is 6.84. The number of nitrogens with zero attached hydrogens (tertiary/aromatic N) is 2. The molecule has 7 nitrogen and oxygen atoms in total. The minimum atomic E-state index is -0.312. The Morgan fingerprint density at radius 1 is 1.14 bits per heavy atom. The Balaban J connectivity index is 0.00000196. The summed E-state index contributed by atoms with van der Waals surface area (Å²) in [5, 5.41) is 0. The molecule has 2 fully saturated rings. The van der Waals surface area contributed by atoms with Crippen molar-refractivity contribution in [3.05, 3.63) is 23.8 Å². The van der Waals surface area contributed by atoms with Gasteiger partial charge in [0.2, 0.25) is 0 Å². The molecule has 0 aliphatic carbocycles. The maximum Gasteiger partial charge on any atom is 0.251 e. The Morgan fingerprint density at radius 2 is 1.86 bits per heavy atom. The molecule has 2 saturated heterocycles. The van der Waals surface area contributed by atoms with Crippen molar-refractivity contribution in [3.63, 3.8) is 0 Å². The van der Waals surface area contributed by atoms with E-state index in [1.54, 1.807) is 14.2 Å². The van der Waals surface area contributed by atoms with E-state index < -0.39 is 0 Å². The number of halogens is 2. The van der Waals surface area contributed by atoms with E-state index in [4.69, 9.17) is 19.9 Å². The number of rotatable bonds is 6. The lowest BCUT2D eigenvalue weighted by atomic mass is 10.1. The first-order chi connectivity index (χ1) is 12.6. The number of amides is 1. The molecule has 9 heteroatoms. The fourth-order valence-corrected chi connectivity index (χ4v) is 3.64. The monoisotopic (exact) mass is 435 g/mol. The van der Waals surface area contributed by atoms with Crippen LogP contribution >= 0.6 is 24.8 Å². The third kappa shape index (κ3) is 5.87. The van der Waals surface area contributed by atoms with E-state index in [1.165, 1.54) is 0 Å². The molecule has 2 aliphatic rings. The van der Waals surface area contributed by atoms with Crippen molar-refractivity contribution in [2.45, 2.75) is 31.6 Å². The van der Waals surface area contributed by atoms with E-state index in [-0.39, 0.29) is 42.9 Å². The molecule has 0 aromatic heterocycles. The van der Waals surface area contributed by atoms with E-state index in [0.29, 0.717) is 6.54 Å². The van der Waals surface area contributed by atoms with Gasteiger partial charge in [0.1, 0.15) is 17.6 Å². The van der Waals surface area contributed by atoms with Crippen LogP contribution in [0, 0.1) is 0 Å². The molecule has 3 rings (SSSR count). The highest BCUT2D eigenvalue weighted by Crippen LogP contribution is 2.26. The number of hydrogen-bond acceptors (Lipinski definition) is 6. The van der Waals surface area contributed by atoms with Crippen LogP contribution < -0.4 is 15.2 Å². The fraction of sp³-hybridized carbons (Fsp3) is 0.632. The summed E-state index contributed by atoms with van der Waals surface area (Å²) >= 11 is 0. The molecule has 1 aromatic rings. The summed E-state index contributed by atoms with van der Waals surface area (Å²) in [6.45, 7) is 4.37. The zero-order valence-electron chi connectivity index (χ0n) is 16.5. The van der Waals surface area contributed by atoms with Gasteiger partial charge in [0.05, 0.1) is 20.3 Å². The summed E-state index contributed by atoms with van der Waals surface area (Å²) in [5.41, 5.74) is 6.73. The number of ether oxygens (including phenoxy) is 3. The predicted octanol–water partition coefficient (Wildman–Crippen LogP) is 1.70. The first-order valence-corrected chi connectivity index (χ1v) is 9.22. The number of benzene rings is 1. The molecule has 1 amide bonds. The smallest absolute Gasteiger partial charge is 0.251 e. The number of hydrogen-bond donors (Lipinski definition) is 1. The van der Waals surface area contributed by atoms with Gasteiger partial charge >= 0.3 is 0 Å². The van der Waals surface area contributed by atoms with Crippen LogP contribution in [0.1, 0.15) is 18.4 Å². The van der Waals surface area contributed by atoms with Crippen molar-refractivity contribution in [3.8, 4) is 11.5 Å². The average molecular weight is 436 g/mol. The number of nitrogens with two attached hydrogens (primary N) is 1. The third-order valence-corrected chi connectivity index (χ3v) is 5.21. The highest BCUT2D eigenvalue weighted by atomic mass is 35.5. The number of carbonyl (C=O) groups excluding carboxylic acids is 1. The summed E-state index contributed by atoms with van der Waals surface area (Å²) < 4.78 is 16.5. The molecule has 2 atom stereocenters. The Hall–Kier alpha value is -1.25. The number of methoxy groups -OCH3 is 2. The first kappa shape index (κ1) is 24.8. The van der Waals surface area contributed by atoms with Gasteiger partial charge in [-0.3, -0.25) is 9.69 Å². The van der Waals surface area contributed by atoms with Crippen LogP contribution in [0.3, 0.4) is 0 Å². The van der Waals surface area contributed by atoms with Gasteiger partial charge in [-0.05, 0) is 31.0 Å². The van der Waals surface area contributed by atoms with Crippen LogP contribution in [0.25, 0.3) is 0 Å². The van der Waals surface area contributed by atoms with E-state index in [2.05, 4.69) is 4.90 Å². The van der Waals surface area contributed by atoms with Gasteiger partial charge in [-0.25, -0.2) is 0 Å². The lowest BCUT2D eigenvalue weighted by molar-refractivity contribution is -0.144. The van der Waals surface area contributed by atoms with Crippen molar-refractivity contribution in [1.82, 2.24) is 9.80 Å². The van der Waals surface area contributed by atoms with E-state index in [0.717, 1.165) is 62.6 Å². The normalized spacial score (nSPS) is 22.2. The van der Waals surface area contributed by atoms with Crippen LogP contribution in [-0.4, -0.2) is 74.9 Å². The van der Waals surface area contributed by atoms with Crippen molar-refractivity contribution < 1.29 is 19.0 Å². The average Bonchev–Trinajstić information content (AvgIpc) is 3.17. The Morgan fingerprint density at radius 3 is 2.43 bits per heavy atom. The molecular weight excluding hydrogens is 405 g/mol. The SMILES string of the molecule is COc1ccc(OC)c(CN2CCN(C(=O)[C@@H]3CC[C@H](CN)O3)CC2)c1.Cl.Cl. The summed E-state index contributed by atoms with van der Waals surface area (Å²) in [7, 11) is 3.34. The van der Waals surface area contributed by atoms with Crippen LogP contribution in [0.15, 0.2) is 18.2 Å². The molecule has 1 aromatic carbocycles. The summed E-state index contributed by atoms with van der Waals surface area (Å²) in [6.07, 6.45) is 1.38. The maximum absolute atomic E-state index is 12.6. The second-order valence-corrected chi connectivity index (χ2v) is 6.84. The molecule has 0 spiro atoms. The molecule has 0 saturated carbocycles. The summed E-state index contributed by atoms with van der Waals surface area (Å²) in [5.74, 6) is 1.79. The quantitative estimate of drug-likeness (QED) is 0.732. The lowest BCUT2D eigenvalue weighted by Gasteiger charge is -2.36. The first-order valence-electron chi connectivity index (χ1n) is 9.22. The van der Waals surface area contributed by atoms with Crippen LogP contribution in [0.2, 0.25) is 0 Å². The minimum absolute atomic E-state index is 0. The number of piperazine rings is 1. The van der Waals surface area contributed by atoms with Gasteiger partial charge < -0.3 is 24.8 Å². The highest BCUT2D eigenvalue weighted by molar-refractivity contribution is 5.85. The van der Waals surface area contributed by atoms with Crippen molar-refractivity contribution in [2.75, 3.05) is 46.9 Å². The Labute approximate surface area is 179 Å². The molecular formula is C19H31Cl2N3O4. The third-order valence-electron chi connectivity index (χ3n) is 5.21. The molecule has 0 bridgehead atoms. The molecule has 2 heterocycles. The highest BCUT2D eigenvalue weighted by Gasteiger charge is 2.34. The molecule has 160 valence electrons. The van der Waals surface area contributed by atoms with Gasteiger partial charge in [-0.15, -0.1) is 24.8 Å². The van der Waals surface area contributed by atoms with Gasteiger partial charge in [0.15, 0.2) is 0 Å². The van der Waals surface area contributed by atoms with Gasteiger partial charge in [0, 0.05) is 44.8 Å². The predicted molar refractivity (Wildman–Crippen MR) is 113 cm³/mol. The summed E-state index contributed by atoms with van der Waals surface area (Å²) in [6, 6.07) is 5.84. The van der Waals surface area contributed by atoms with E-state index >= 15 is 0 Å².